The van der Waals surface area contributed by atoms with Gasteiger partial charge in [-0.05, 0) is 35.9 Å². The second-order valence-electron chi connectivity index (χ2n) is 5.45. The summed E-state index contributed by atoms with van der Waals surface area (Å²) in [6, 6.07) is 14.1. The maximum absolute atomic E-state index is 12.3. The average Bonchev–Trinajstić information content (AvgIpc) is 2.86. The molecule has 2 aromatic rings. The Morgan fingerprint density at radius 1 is 1.16 bits per heavy atom. The molecule has 126 valence electrons. The van der Waals surface area contributed by atoms with Crippen molar-refractivity contribution >= 4 is 45.4 Å². The second-order valence-corrected chi connectivity index (χ2v) is 6.37. The van der Waals surface area contributed by atoms with Crippen LogP contribution in [0.3, 0.4) is 0 Å². The molecule has 0 aromatic heterocycles. The molecule has 2 aromatic carbocycles. The van der Waals surface area contributed by atoms with Gasteiger partial charge in [-0.1, -0.05) is 40.2 Å². The fraction of sp³-hybridized carbons (Fsp3) is 0.105. The van der Waals surface area contributed by atoms with Crippen LogP contribution in [0.2, 0.25) is 0 Å². The SMILES string of the molecule is COC(=O)/C(=C\c1cccc(Br)c1)CN1C(=O)C(=O)c2ccccc21. The van der Waals surface area contributed by atoms with Gasteiger partial charge in [-0.15, -0.1) is 0 Å². The van der Waals surface area contributed by atoms with Gasteiger partial charge in [0.1, 0.15) is 0 Å². The van der Waals surface area contributed by atoms with E-state index in [2.05, 4.69) is 15.9 Å². The summed E-state index contributed by atoms with van der Waals surface area (Å²) in [5.41, 5.74) is 1.90. The summed E-state index contributed by atoms with van der Waals surface area (Å²) in [6.45, 7) is -0.0409. The quantitative estimate of drug-likeness (QED) is 0.449. The number of Topliss-reactive ketones (excluding diaryl/α,β-unsaturated/α-hetero) is 1. The molecule has 0 saturated carbocycles. The van der Waals surface area contributed by atoms with Crippen molar-refractivity contribution in [3.8, 4) is 0 Å². The van der Waals surface area contributed by atoms with Gasteiger partial charge in [-0.3, -0.25) is 9.59 Å². The van der Waals surface area contributed by atoms with Crippen molar-refractivity contribution in [2.75, 3.05) is 18.6 Å². The van der Waals surface area contributed by atoms with Crippen LogP contribution in [0, 0.1) is 0 Å². The van der Waals surface area contributed by atoms with Crippen LogP contribution in [0.4, 0.5) is 5.69 Å². The van der Waals surface area contributed by atoms with Gasteiger partial charge in [-0.25, -0.2) is 4.79 Å². The number of esters is 1. The lowest BCUT2D eigenvalue weighted by Gasteiger charge is -2.17. The van der Waals surface area contributed by atoms with Crippen molar-refractivity contribution in [1.82, 2.24) is 0 Å². The number of carbonyl (C=O) groups excluding carboxylic acids is 3. The zero-order chi connectivity index (χ0) is 18.0. The van der Waals surface area contributed by atoms with E-state index >= 15 is 0 Å². The zero-order valence-corrected chi connectivity index (χ0v) is 14.9. The first-order valence-electron chi connectivity index (χ1n) is 7.51. The number of ether oxygens (including phenoxy) is 1. The fourth-order valence-corrected chi connectivity index (χ4v) is 3.09. The molecular weight excluding hydrogens is 386 g/mol. The van der Waals surface area contributed by atoms with Crippen LogP contribution in [-0.4, -0.2) is 31.3 Å². The Balaban J connectivity index is 1.98. The first-order valence-corrected chi connectivity index (χ1v) is 8.30. The third kappa shape index (κ3) is 3.39. The molecule has 5 nitrogen and oxygen atoms in total. The van der Waals surface area contributed by atoms with E-state index in [1.54, 1.807) is 30.3 Å². The number of fused-ring (bicyclic) bond motifs is 1. The minimum Gasteiger partial charge on any atom is -0.466 e. The largest absolute Gasteiger partial charge is 0.466 e. The van der Waals surface area contributed by atoms with Crippen molar-refractivity contribution in [3.63, 3.8) is 0 Å². The third-order valence-electron chi connectivity index (χ3n) is 3.84. The van der Waals surface area contributed by atoms with E-state index < -0.39 is 17.7 Å². The van der Waals surface area contributed by atoms with Crippen LogP contribution >= 0.6 is 15.9 Å². The average molecular weight is 400 g/mol. The van der Waals surface area contributed by atoms with Crippen molar-refractivity contribution in [2.45, 2.75) is 0 Å². The highest BCUT2D eigenvalue weighted by atomic mass is 79.9. The first-order chi connectivity index (χ1) is 12.0. The van der Waals surface area contributed by atoms with E-state index in [1.807, 2.05) is 24.3 Å². The number of methoxy groups -OCH3 is 1. The van der Waals surface area contributed by atoms with Crippen molar-refractivity contribution in [2.24, 2.45) is 0 Å². The van der Waals surface area contributed by atoms with Crippen LogP contribution in [0.25, 0.3) is 6.08 Å². The van der Waals surface area contributed by atoms with E-state index in [1.165, 1.54) is 12.0 Å². The summed E-state index contributed by atoms with van der Waals surface area (Å²) >= 11 is 3.38. The Kier molecular flexibility index (Phi) is 4.81. The van der Waals surface area contributed by atoms with E-state index in [9.17, 15) is 14.4 Å². The van der Waals surface area contributed by atoms with Crippen LogP contribution in [0.15, 0.2) is 58.6 Å². The summed E-state index contributed by atoms with van der Waals surface area (Å²) < 4.78 is 5.70. The molecule has 0 saturated heterocycles. The Hall–Kier alpha value is -2.73. The number of amides is 1. The molecule has 0 aliphatic carbocycles. The maximum atomic E-state index is 12.3. The molecule has 0 fully saturated rings. The zero-order valence-electron chi connectivity index (χ0n) is 13.4. The third-order valence-corrected chi connectivity index (χ3v) is 4.34. The number of hydrogen-bond donors (Lipinski definition) is 0. The minimum absolute atomic E-state index is 0.0409. The molecule has 1 aliphatic heterocycles. The molecule has 3 rings (SSSR count). The normalized spacial score (nSPS) is 13.8. The van der Waals surface area contributed by atoms with E-state index in [-0.39, 0.29) is 12.1 Å². The number of halogens is 1. The molecule has 0 N–H and O–H groups in total. The van der Waals surface area contributed by atoms with Gasteiger partial charge in [-0.2, -0.15) is 0 Å². The Morgan fingerprint density at radius 3 is 2.64 bits per heavy atom. The monoisotopic (exact) mass is 399 g/mol. The second kappa shape index (κ2) is 7.03. The van der Waals surface area contributed by atoms with Gasteiger partial charge in [0.15, 0.2) is 0 Å². The number of nitrogens with zero attached hydrogens (tertiary/aromatic N) is 1. The molecule has 1 aliphatic rings. The number of benzene rings is 2. The highest BCUT2D eigenvalue weighted by Gasteiger charge is 2.36. The highest BCUT2D eigenvalue weighted by Crippen LogP contribution is 2.29. The number of hydrogen-bond acceptors (Lipinski definition) is 4. The molecular formula is C19H14BrNO4. The molecule has 0 atom stereocenters. The summed E-state index contributed by atoms with van der Waals surface area (Å²) in [6.07, 6.45) is 1.65. The smallest absolute Gasteiger partial charge is 0.335 e. The maximum Gasteiger partial charge on any atom is 0.335 e. The molecule has 25 heavy (non-hydrogen) atoms. The first kappa shape index (κ1) is 17.1. The molecule has 0 unspecified atom stereocenters. The summed E-state index contributed by atoms with van der Waals surface area (Å²) in [7, 11) is 1.28. The van der Waals surface area contributed by atoms with Gasteiger partial charge in [0.2, 0.25) is 0 Å². The number of carbonyl (C=O) groups is 3. The molecule has 0 bridgehead atoms. The number of anilines is 1. The van der Waals surface area contributed by atoms with Crippen molar-refractivity contribution < 1.29 is 19.1 Å². The summed E-state index contributed by atoms with van der Waals surface area (Å²) in [4.78, 5) is 37.9. The summed E-state index contributed by atoms with van der Waals surface area (Å²) in [5, 5.41) is 0. The lowest BCUT2D eigenvalue weighted by molar-refractivity contribution is -0.136. The van der Waals surface area contributed by atoms with Crippen LogP contribution in [-0.2, 0) is 14.3 Å². The predicted octanol–water partition coefficient (Wildman–Crippen LogP) is 3.24. The van der Waals surface area contributed by atoms with E-state index in [4.69, 9.17) is 4.74 Å². The Bertz CT molecular complexity index is 904. The molecule has 0 radical (unpaired) electrons. The van der Waals surface area contributed by atoms with Gasteiger partial charge in [0.05, 0.1) is 30.5 Å². The summed E-state index contributed by atoms with van der Waals surface area (Å²) in [5.74, 6) is -1.77. The predicted molar refractivity (Wildman–Crippen MR) is 97.3 cm³/mol. The van der Waals surface area contributed by atoms with Crippen molar-refractivity contribution in [1.29, 1.82) is 0 Å². The van der Waals surface area contributed by atoms with Gasteiger partial charge in [0, 0.05) is 4.47 Å². The van der Waals surface area contributed by atoms with Gasteiger partial charge < -0.3 is 9.64 Å². The Labute approximate surface area is 153 Å². The topological polar surface area (TPSA) is 63.7 Å². The standard InChI is InChI=1S/C19H14BrNO4/c1-25-19(24)13(9-12-5-4-6-14(20)10-12)11-21-16-8-3-2-7-15(16)17(22)18(21)23/h2-10H,11H2,1H3/b13-9-. The van der Waals surface area contributed by atoms with E-state index in [0.717, 1.165) is 10.0 Å². The fourth-order valence-electron chi connectivity index (χ4n) is 2.67. The van der Waals surface area contributed by atoms with Crippen LogP contribution in [0.5, 0.6) is 0 Å². The van der Waals surface area contributed by atoms with Gasteiger partial charge in [0.25, 0.3) is 11.7 Å². The lowest BCUT2D eigenvalue weighted by atomic mass is 10.1. The number of rotatable bonds is 4. The lowest BCUT2D eigenvalue weighted by Crippen LogP contribution is -2.33. The minimum atomic E-state index is -0.648. The van der Waals surface area contributed by atoms with Crippen LogP contribution in [0.1, 0.15) is 15.9 Å². The molecule has 6 heteroatoms. The Morgan fingerprint density at radius 2 is 1.92 bits per heavy atom. The van der Waals surface area contributed by atoms with Gasteiger partial charge >= 0.3 is 5.97 Å². The number of ketones is 1. The van der Waals surface area contributed by atoms with Crippen molar-refractivity contribution in [3.05, 3.63) is 69.7 Å². The van der Waals surface area contributed by atoms with Crippen LogP contribution < -0.4 is 4.90 Å². The molecule has 0 spiro atoms. The molecule has 1 heterocycles. The van der Waals surface area contributed by atoms with E-state index in [0.29, 0.717) is 11.3 Å². The molecule has 1 amide bonds. The number of para-hydroxylation sites is 1. The highest BCUT2D eigenvalue weighted by molar-refractivity contribution is 9.10.